The summed E-state index contributed by atoms with van der Waals surface area (Å²) in [6.07, 6.45) is 6.38. The van der Waals surface area contributed by atoms with Crippen LogP contribution in [0.4, 0.5) is 5.69 Å². The normalized spacial score (nSPS) is 10.4. The van der Waals surface area contributed by atoms with Crippen LogP contribution >= 0.6 is 12.2 Å². The molecule has 0 saturated heterocycles. The Balaban J connectivity index is 1.65. The predicted octanol–water partition coefficient (Wildman–Crippen LogP) is 3.50. The van der Waals surface area contributed by atoms with Gasteiger partial charge >= 0.3 is 0 Å². The number of hydrogen-bond donors (Lipinski definition) is 2. The fourth-order valence-electron chi connectivity index (χ4n) is 2.27. The number of carbonyl (C=O) groups excluding carboxylic acids is 1. The zero-order chi connectivity index (χ0) is 16.1. The van der Waals surface area contributed by atoms with E-state index in [1.807, 2.05) is 53.2 Å². The standard InChI is InChI=1S/C17H16N4OS/c22-16(8-7-13-4-1-2-9-18-13)20-14-5-3-6-15(12-14)21-11-10-19-17(21)23/h1-6,9-12H,7-8H2,(H,19,23)(H,20,22). The van der Waals surface area contributed by atoms with Crippen molar-refractivity contribution in [2.45, 2.75) is 12.8 Å². The molecule has 0 aliphatic heterocycles. The van der Waals surface area contributed by atoms with Crippen molar-refractivity contribution in [3.05, 3.63) is 71.5 Å². The number of pyridine rings is 1. The van der Waals surface area contributed by atoms with E-state index in [4.69, 9.17) is 12.2 Å². The number of carbonyl (C=O) groups is 1. The van der Waals surface area contributed by atoms with Crippen LogP contribution in [0, 0.1) is 4.77 Å². The number of H-pyrrole nitrogens is 1. The first-order valence-corrected chi connectivity index (χ1v) is 7.69. The highest BCUT2D eigenvalue weighted by Gasteiger charge is 2.05. The molecule has 0 atom stereocenters. The maximum atomic E-state index is 12.1. The lowest BCUT2D eigenvalue weighted by Crippen LogP contribution is -2.12. The highest BCUT2D eigenvalue weighted by atomic mass is 32.1. The fourth-order valence-corrected chi connectivity index (χ4v) is 2.50. The van der Waals surface area contributed by atoms with Gasteiger partial charge in [-0.25, -0.2) is 0 Å². The molecule has 0 radical (unpaired) electrons. The average molecular weight is 324 g/mol. The van der Waals surface area contributed by atoms with E-state index < -0.39 is 0 Å². The number of anilines is 1. The molecule has 6 heteroatoms. The van der Waals surface area contributed by atoms with Gasteiger partial charge in [0.15, 0.2) is 4.77 Å². The number of nitrogens with one attached hydrogen (secondary N) is 2. The van der Waals surface area contributed by atoms with Gasteiger partial charge in [0.2, 0.25) is 5.91 Å². The van der Waals surface area contributed by atoms with Crippen molar-refractivity contribution in [2.75, 3.05) is 5.32 Å². The maximum Gasteiger partial charge on any atom is 0.224 e. The molecule has 0 aliphatic rings. The zero-order valence-electron chi connectivity index (χ0n) is 12.4. The molecule has 2 aromatic heterocycles. The molecular formula is C17H16N4OS. The van der Waals surface area contributed by atoms with E-state index in [2.05, 4.69) is 15.3 Å². The summed E-state index contributed by atoms with van der Waals surface area (Å²) in [5.74, 6) is -0.0366. The molecule has 0 aliphatic carbocycles. The molecule has 3 rings (SSSR count). The lowest BCUT2D eigenvalue weighted by Gasteiger charge is -2.08. The van der Waals surface area contributed by atoms with Crippen molar-refractivity contribution in [3.63, 3.8) is 0 Å². The molecule has 23 heavy (non-hydrogen) atoms. The monoisotopic (exact) mass is 324 g/mol. The van der Waals surface area contributed by atoms with Gasteiger partial charge in [0.25, 0.3) is 0 Å². The minimum absolute atomic E-state index is 0.0366. The second-order valence-electron chi connectivity index (χ2n) is 5.05. The molecule has 1 amide bonds. The molecule has 116 valence electrons. The van der Waals surface area contributed by atoms with E-state index in [1.165, 1.54) is 0 Å². The molecule has 0 fully saturated rings. The van der Waals surface area contributed by atoms with Crippen molar-refractivity contribution in [1.29, 1.82) is 0 Å². The SMILES string of the molecule is O=C(CCc1ccccn1)Nc1cccc(-n2cc[nH]c2=S)c1. The summed E-state index contributed by atoms with van der Waals surface area (Å²) >= 11 is 5.21. The molecular weight excluding hydrogens is 308 g/mol. The molecule has 0 saturated carbocycles. The number of hydrogen-bond acceptors (Lipinski definition) is 3. The molecule has 2 N–H and O–H groups in total. The average Bonchev–Trinajstić information content (AvgIpc) is 3.00. The van der Waals surface area contributed by atoms with Crippen LogP contribution in [0.25, 0.3) is 5.69 Å². The summed E-state index contributed by atoms with van der Waals surface area (Å²) in [5.41, 5.74) is 2.56. The molecule has 1 aromatic carbocycles. The van der Waals surface area contributed by atoms with Crippen LogP contribution in [-0.2, 0) is 11.2 Å². The van der Waals surface area contributed by atoms with Crippen molar-refractivity contribution in [3.8, 4) is 5.69 Å². The Kier molecular flexibility index (Phi) is 4.63. The summed E-state index contributed by atoms with van der Waals surface area (Å²) < 4.78 is 2.46. The minimum atomic E-state index is -0.0366. The first kappa shape index (κ1) is 15.2. The van der Waals surface area contributed by atoms with Gasteiger partial charge in [-0.05, 0) is 49.0 Å². The smallest absolute Gasteiger partial charge is 0.224 e. The lowest BCUT2D eigenvalue weighted by atomic mass is 10.2. The van der Waals surface area contributed by atoms with Crippen molar-refractivity contribution in [2.24, 2.45) is 0 Å². The first-order valence-electron chi connectivity index (χ1n) is 7.28. The Labute approximate surface area is 139 Å². The third-order valence-corrected chi connectivity index (χ3v) is 3.71. The Morgan fingerprint density at radius 1 is 1.26 bits per heavy atom. The van der Waals surface area contributed by atoms with Gasteiger partial charge in [-0.3, -0.25) is 14.3 Å². The lowest BCUT2D eigenvalue weighted by molar-refractivity contribution is -0.116. The second kappa shape index (κ2) is 7.02. The van der Waals surface area contributed by atoms with E-state index in [-0.39, 0.29) is 5.91 Å². The summed E-state index contributed by atoms with van der Waals surface area (Å²) in [7, 11) is 0. The van der Waals surface area contributed by atoms with Crippen LogP contribution in [0.5, 0.6) is 0 Å². The number of imidazole rings is 1. The van der Waals surface area contributed by atoms with Crippen molar-refractivity contribution in [1.82, 2.24) is 14.5 Å². The van der Waals surface area contributed by atoms with Gasteiger partial charge in [-0.2, -0.15) is 0 Å². The number of rotatable bonds is 5. The number of amides is 1. The van der Waals surface area contributed by atoms with Gasteiger partial charge in [-0.15, -0.1) is 0 Å². The van der Waals surface area contributed by atoms with Gasteiger partial charge in [-0.1, -0.05) is 12.1 Å². The van der Waals surface area contributed by atoms with Gasteiger partial charge in [0, 0.05) is 42.1 Å². The molecule has 0 spiro atoms. The van der Waals surface area contributed by atoms with E-state index in [1.54, 1.807) is 12.4 Å². The topological polar surface area (TPSA) is 62.7 Å². The number of benzene rings is 1. The van der Waals surface area contributed by atoms with Crippen molar-refractivity contribution >= 4 is 23.8 Å². The summed E-state index contributed by atoms with van der Waals surface area (Å²) in [6, 6.07) is 13.3. The Morgan fingerprint density at radius 3 is 2.91 bits per heavy atom. The van der Waals surface area contributed by atoms with Crippen LogP contribution in [0.3, 0.4) is 0 Å². The minimum Gasteiger partial charge on any atom is -0.337 e. The molecule has 0 bridgehead atoms. The van der Waals surface area contributed by atoms with Crippen LogP contribution in [0.15, 0.2) is 61.1 Å². The quantitative estimate of drug-likeness (QED) is 0.706. The Bertz CT molecular complexity index is 854. The predicted molar refractivity (Wildman–Crippen MR) is 92.1 cm³/mol. The number of nitrogens with zero attached hydrogens (tertiary/aromatic N) is 2. The van der Waals surface area contributed by atoms with Gasteiger partial charge < -0.3 is 10.3 Å². The highest BCUT2D eigenvalue weighted by Crippen LogP contribution is 2.15. The Morgan fingerprint density at radius 2 is 2.17 bits per heavy atom. The summed E-state index contributed by atoms with van der Waals surface area (Å²) in [4.78, 5) is 19.2. The highest BCUT2D eigenvalue weighted by molar-refractivity contribution is 7.71. The molecule has 0 unspecified atom stereocenters. The van der Waals surface area contributed by atoms with Crippen molar-refractivity contribution < 1.29 is 4.79 Å². The van der Waals surface area contributed by atoms with E-state index in [0.29, 0.717) is 17.6 Å². The summed E-state index contributed by atoms with van der Waals surface area (Å²) in [6.45, 7) is 0. The third-order valence-electron chi connectivity index (χ3n) is 3.39. The summed E-state index contributed by atoms with van der Waals surface area (Å²) in [5, 5.41) is 2.91. The van der Waals surface area contributed by atoms with Crippen LogP contribution < -0.4 is 5.32 Å². The molecule has 5 nitrogen and oxygen atoms in total. The van der Waals surface area contributed by atoms with E-state index in [9.17, 15) is 4.79 Å². The molecule has 2 heterocycles. The van der Waals surface area contributed by atoms with Crippen LogP contribution in [-0.4, -0.2) is 20.4 Å². The third kappa shape index (κ3) is 3.92. The number of aromatic nitrogens is 3. The largest absolute Gasteiger partial charge is 0.337 e. The Hall–Kier alpha value is -2.73. The van der Waals surface area contributed by atoms with E-state index >= 15 is 0 Å². The van der Waals surface area contributed by atoms with Gasteiger partial charge in [0.1, 0.15) is 0 Å². The molecule has 3 aromatic rings. The van der Waals surface area contributed by atoms with Crippen LogP contribution in [0.1, 0.15) is 12.1 Å². The fraction of sp³-hybridized carbons (Fsp3) is 0.118. The maximum absolute atomic E-state index is 12.1. The number of aryl methyl sites for hydroxylation is 1. The zero-order valence-corrected chi connectivity index (χ0v) is 13.2. The number of aromatic amines is 1. The van der Waals surface area contributed by atoms with Gasteiger partial charge in [0.05, 0.1) is 0 Å². The van der Waals surface area contributed by atoms with E-state index in [0.717, 1.165) is 17.1 Å². The first-order chi connectivity index (χ1) is 11.2. The second-order valence-corrected chi connectivity index (χ2v) is 5.44. The van der Waals surface area contributed by atoms with Crippen LogP contribution in [0.2, 0.25) is 0 Å².